The Balaban J connectivity index is 2.08. The second-order valence-corrected chi connectivity index (χ2v) is 8.57. The second-order valence-electron chi connectivity index (χ2n) is 7.66. The summed E-state index contributed by atoms with van der Waals surface area (Å²) in [5, 5.41) is 5.73. The van der Waals surface area contributed by atoms with E-state index in [2.05, 4.69) is 21.0 Å². The van der Waals surface area contributed by atoms with E-state index in [-0.39, 0.29) is 24.5 Å². The van der Waals surface area contributed by atoms with Crippen LogP contribution in [0, 0.1) is 5.92 Å². The molecule has 2 atom stereocenters. The number of hydrogen-bond donors (Lipinski definition) is 0. The molecule has 1 aromatic carbocycles. The van der Waals surface area contributed by atoms with Gasteiger partial charge in [0.2, 0.25) is 5.91 Å². The summed E-state index contributed by atoms with van der Waals surface area (Å²) in [5.41, 5.74) is -0.577. The maximum Gasteiger partial charge on any atom is 0.355 e. The van der Waals surface area contributed by atoms with Gasteiger partial charge in [-0.15, -0.1) is 0 Å². The SMILES string of the molecule is CCOC(=O)C1=NN(C(C)(C)CC(C)=O)C2C(=O)N(c3cccc(Br)c3)C(=O)C12. The van der Waals surface area contributed by atoms with E-state index in [1.165, 1.54) is 11.9 Å². The summed E-state index contributed by atoms with van der Waals surface area (Å²) >= 11 is 3.34. The average Bonchev–Trinajstić information content (AvgIpc) is 3.12. The summed E-state index contributed by atoms with van der Waals surface area (Å²) < 4.78 is 5.78. The van der Waals surface area contributed by atoms with Crippen LogP contribution in [0.2, 0.25) is 0 Å². The highest BCUT2D eigenvalue weighted by atomic mass is 79.9. The molecule has 3 rings (SSSR count). The fourth-order valence-electron chi connectivity index (χ4n) is 3.85. The Kier molecular flexibility index (Phi) is 5.62. The fourth-order valence-corrected chi connectivity index (χ4v) is 4.24. The van der Waals surface area contributed by atoms with Crippen LogP contribution in [-0.2, 0) is 23.9 Å². The second kappa shape index (κ2) is 7.70. The first-order valence-corrected chi connectivity index (χ1v) is 10.1. The van der Waals surface area contributed by atoms with Gasteiger partial charge in [0.1, 0.15) is 17.7 Å². The van der Waals surface area contributed by atoms with Crippen molar-refractivity contribution >= 4 is 50.9 Å². The van der Waals surface area contributed by atoms with Crippen molar-refractivity contribution in [3.05, 3.63) is 28.7 Å². The molecule has 0 radical (unpaired) electrons. The van der Waals surface area contributed by atoms with Gasteiger partial charge in [-0.2, -0.15) is 5.10 Å². The molecule has 154 valence electrons. The summed E-state index contributed by atoms with van der Waals surface area (Å²) in [6, 6.07) is 5.79. The van der Waals surface area contributed by atoms with Gasteiger partial charge in [0.25, 0.3) is 5.91 Å². The molecule has 9 heteroatoms. The quantitative estimate of drug-likeness (QED) is 0.474. The zero-order valence-electron chi connectivity index (χ0n) is 16.6. The molecule has 0 aliphatic carbocycles. The van der Waals surface area contributed by atoms with Gasteiger partial charge in [-0.3, -0.25) is 19.4 Å². The molecule has 2 aliphatic heterocycles. The molecule has 0 saturated carbocycles. The highest BCUT2D eigenvalue weighted by Gasteiger charge is 2.61. The van der Waals surface area contributed by atoms with Gasteiger partial charge in [-0.05, 0) is 45.9 Å². The first kappa shape index (κ1) is 21.2. The van der Waals surface area contributed by atoms with Crippen molar-refractivity contribution < 1.29 is 23.9 Å². The molecule has 2 unspecified atom stereocenters. The smallest absolute Gasteiger partial charge is 0.355 e. The third kappa shape index (κ3) is 3.71. The number of Topliss-reactive ketones (excluding diaryl/α,β-unsaturated/α-hetero) is 1. The molecule has 0 bridgehead atoms. The summed E-state index contributed by atoms with van der Waals surface area (Å²) in [6.07, 6.45) is 0.105. The Morgan fingerprint density at radius 2 is 1.93 bits per heavy atom. The lowest BCUT2D eigenvalue weighted by molar-refractivity contribution is -0.136. The van der Waals surface area contributed by atoms with Crippen LogP contribution in [0.5, 0.6) is 0 Å². The van der Waals surface area contributed by atoms with Crippen molar-refractivity contribution in [3.63, 3.8) is 0 Å². The third-order valence-corrected chi connectivity index (χ3v) is 5.40. The number of amides is 2. The first-order valence-electron chi connectivity index (χ1n) is 9.26. The topological polar surface area (TPSA) is 96.3 Å². The van der Waals surface area contributed by atoms with Crippen molar-refractivity contribution in [2.45, 2.75) is 45.7 Å². The van der Waals surface area contributed by atoms with Crippen LogP contribution in [-0.4, -0.2) is 52.5 Å². The van der Waals surface area contributed by atoms with Crippen LogP contribution in [0.15, 0.2) is 33.8 Å². The van der Waals surface area contributed by atoms with Crippen molar-refractivity contribution in [3.8, 4) is 0 Å². The molecule has 29 heavy (non-hydrogen) atoms. The zero-order chi connectivity index (χ0) is 21.5. The molecular weight excluding hydrogens is 442 g/mol. The molecule has 1 fully saturated rings. The van der Waals surface area contributed by atoms with Crippen LogP contribution >= 0.6 is 15.9 Å². The molecule has 1 aromatic rings. The highest BCUT2D eigenvalue weighted by Crippen LogP contribution is 2.40. The number of benzene rings is 1. The molecule has 2 amide bonds. The summed E-state index contributed by atoms with van der Waals surface area (Å²) in [5.74, 6) is -2.93. The number of esters is 1. The van der Waals surface area contributed by atoms with Crippen LogP contribution in [0.25, 0.3) is 0 Å². The number of carbonyl (C=O) groups is 4. The van der Waals surface area contributed by atoms with Crippen LogP contribution in [0.3, 0.4) is 0 Å². The molecule has 1 saturated heterocycles. The number of fused-ring (bicyclic) bond motifs is 1. The Bertz CT molecular complexity index is 926. The summed E-state index contributed by atoms with van der Waals surface area (Å²) in [6.45, 7) is 6.72. The standard InChI is InChI=1S/C20H22BrN3O5/c1-5-29-19(28)15-14-16(24(22-15)20(3,4)10-11(2)25)18(27)23(17(14)26)13-8-6-7-12(21)9-13/h6-9,14,16H,5,10H2,1-4H3. The average molecular weight is 464 g/mol. The third-order valence-electron chi connectivity index (χ3n) is 4.90. The Morgan fingerprint density at radius 1 is 1.24 bits per heavy atom. The van der Waals surface area contributed by atoms with Gasteiger partial charge >= 0.3 is 5.97 Å². The van der Waals surface area contributed by atoms with Crippen molar-refractivity contribution in [2.75, 3.05) is 11.5 Å². The first-order chi connectivity index (χ1) is 13.6. The van der Waals surface area contributed by atoms with E-state index in [1.807, 2.05) is 0 Å². The number of hydrazone groups is 1. The molecule has 2 aliphatic rings. The monoisotopic (exact) mass is 463 g/mol. The van der Waals surface area contributed by atoms with E-state index in [0.717, 1.165) is 4.90 Å². The molecular formula is C20H22BrN3O5. The van der Waals surface area contributed by atoms with Gasteiger partial charge in [0.15, 0.2) is 5.71 Å². The Labute approximate surface area is 177 Å². The lowest BCUT2D eigenvalue weighted by Gasteiger charge is -2.36. The minimum absolute atomic E-state index is 0.0908. The fraction of sp³-hybridized carbons (Fsp3) is 0.450. The van der Waals surface area contributed by atoms with E-state index >= 15 is 0 Å². The number of imide groups is 1. The molecule has 8 nitrogen and oxygen atoms in total. The van der Waals surface area contributed by atoms with Gasteiger partial charge < -0.3 is 4.74 Å². The lowest BCUT2D eigenvalue weighted by atomic mass is 9.92. The number of halogens is 1. The normalized spacial score (nSPS) is 21.3. The zero-order valence-corrected chi connectivity index (χ0v) is 18.2. The van der Waals surface area contributed by atoms with Gasteiger partial charge in [0.05, 0.1) is 17.8 Å². The predicted octanol–water partition coefficient (Wildman–Crippen LogP) is 2.30. The summed E-state index contributed by atoms with van der Waals surface area (Å²) in [7, 11) is 0. The Hall–Kier alpha value is -2.55. The van der Waals surface area contributed by atoms with Crippen LogP contribution in [0.4, 0.5) is 5.69 Å². The molecule has 0 N–H and O–H groups in total. The number of carbonyl (C=O) groups excluding carboxylic acids is 4. The maximum atomic E-state index is 13.3. The minimum Gasteiger partial charge on any atom is -0.461 e. The largest absolute Gasteiger partial charge is 0.461 e. The minimum atomic E-state index is -1.08. The lowest BCUT2D eigenvalue weighted by Crippen LogP contribution is -2.50. The number of anilines is 1. The number of rotatable bonds is 6. The van der Waals surface area contributed by atoms with E-state index in [9.17, 15) is 19.2 Å². The van der Waals surface area contributed by atoms with Gasteiger partial charge in [-0.1, -0.05) is 22.0 Å². The van der Waals surface area contributed by atoms with E-state index in [0.29, 0.717) is 10.2 Å². The van der Waals surface area contributed by atoms with Gasteiger partial charge in [-0.25, -0.2) is 9.69 Å². The maximum absolute atomic E-state index is 13.3. The number of ketones is 1. The molecule has 2 heterocycles. The summed E-state index contributed by atoms with van der Waals surface area (Å²) in [4.78, 5) is 51.9. The van der Waals surface area contributed by atoms with E-state index in [4.69, 9.17) is 4.74 Å². The van der Waals surface area contributed by atoms with Crippen molar-refractivity contribution in [1.82, 2.24) is 5.01 Å². The predicted molar refractivity (Wildman–Crippen MR) is 109 cm³/mol. The van der Waals surface area contributed by atoms with E-state index < -0.39 is 35.3 Å². The number of hydrogen-bond acceptors (Lipinski definition) is 7. The van der Waals surface area contributed by atoms with Gasteiger partial charge in [0, 0.05) is 10.9 Å². The van der Waals surface area contributed by atoms with Crippen molar-refractivity contribution in [2.24, 2.45) is 11.0 Å². The molecule has 0 spiro atoms. The number of nitrogens with zero attached hydrogens (tertiary/aromatic N) is 3. The van der Waals surface area contributed by atoms with Crippen LogP contribution in [0.1, 0.15) is 34.1 Å². The van der Waals surface area contributed by atoms with Crippen molar-refractivity contribution in [1.29, 1.82) is 0 Å². The molecule has 0 aromatic heterocycles. The Morgan fingerprint density at radius 3 is 2.52 bits per heavy atom. The van der Waals surface area contributed by atoms with Crippen LogP contribution < -0.4 is 4.90 Å². The highest BCUT2D eigenvalue weighted by molar-refractivity contribution is 9.10. The number of ether oxygens (including phenoxy) is 1. The van der Waals surface area contributed by atoms with E-state index in [1.54, 1.807) is 45.0 Å².